The van der Waals surface area contributed by atoms with Gasteiger partial charge in [-0.2, -0.15) is 0 Å². The number of hydrogen-bond donors (Lipinski definition) is 0. The molecule has 1 heterocycles. The van der Waals surface area contributed by atoms with Crippen LogP contribution in [0.25, 0.3) is 0 Å². The van der Waals surface area contributed by atoms with Gasteiger partial charge in [-0.15, -0.1) is 11.6 Å². The fourth-order valence-electron chi connectivity index (χ4n) is 1.75. The van der Waals surface area contributed by atoms with Crippen LogP contribution in [0, 0.1) is 6.92 Å². The normalized spacial score (nSPS) is 27.8. The number of benzene rings is 1. The van der Waals surface area contributed by atoms with Crippen molar-refractivity contribution < 1.29 is 4.74 Å². The Labute approximate surface area is 83.7 Å². The Hall–Kier alpha value is -0.530. The Morgan fingerprint density at radius 2 is 2.15 bits per heavy atom. The molecule has 0 aliphatic carbocycles. The highest BCUT2D eigenvalue weighted by Crippen LogP contribution is 2.34. The second kappa shape index (κ2) is 3.69. The summed E-state index contributed by atoms with van der Waals surface area (Å²) in [6.45, 7) is 2.88. The molecule has 1 saturated heterocycles. The highest BCUT2D eigenvalue weighted by Gasteiger charge is 2.28. The zero-order valence-corrected chi connectivity index (χ0v) is 8.42. The summed E-state index contributed by atoms with van der Waals surface area (Å²) in [4.78, 5) is 0. The molecule has 0 aromatic heterocycles. The van der Waals surface area contributed by atoms with E-state index in [9.17, 15) is 0 Å². The topological polar surface area (TPSA) is 9.23 Å². The number of alkyl halides is 1. The largest absolute Gasteiger partial charge is 0.372 e. The van der Waals surface area contributed by atoms with Gasteiger partial charge in [0.05, 0.1) is 11.5 Å². The van der Waals surface area contributed by atoms with E-state index in [1.165, 1.54) is 11.1 Å². The van der Waals surface area contributed by atoms with Crippen molar-refractivity contribution in [2.24, 2.45) is 0 Å². The van der Waals surface area contributed by atoms with Crippen LogP contribution < -0.4 is 0 Å². The fraction of sp³-hybridized carbons (Fsp3) is 0.455. The van der Waals surface area contributed by atoms with Gasteiger partial charge in [0.2, 0.25) is 0 Å². The van der Waals surface area contributed by atoms with Crippen LogP contribution in [-0.2, 0) is 4.74 Å². The highest BCUT2D eigenvalue weighted by molar-refractivity contribution is 6.21. The second-order valence-corrected chi connectivity index (χ2v) is 4.01. The van der Waals surface area contributed by atoms with Gasteiger partial charge < -0.3 is 4.74 Å². The quantitative estimate of drug-likeness (QED) is 0.628. The van der Waals surface area contributed by atoms with Crippen molar-refractivity contribution in [3.8, 4) is 0 Å². The Kier molecular flexibility index (Phi) is 2.56. The third-order valence-electron chi connectivity index (χ3n) is 2.51. The Balaban J connectivity index is 2.29. The van der Waals surface area contributed by atoms with Crippen LogP contribution in [0.5, 0.6) is 0 Å². The number of halogens is 1. The average molecular weight is 197 g/mol. The first-order chi connectivity index (χ1) is 6.29. The molecule has 2 rings (SSSR count). The van der Waals surface area contributed by atoms with E-state index in [2.05, 4.69) is 19.1 Å². The minimum Gasteiger partial charge on any atom is -0.372 e. The molecule has 1 aromatic carbocycles. The minimum atomic E-state index is 0.0999. The molecule has 0 N–H and O–H groups in total. The molecule has 1 aliphatic rings. The van der Waals surface area contributed by atoms with Crippen LogP contribution >= 0.6 is 11.6 Å². The summed E-state index contributed by atoms with van der Waals surface area (Å²) in [5, 5.41) is 0.140. The molecule has 2 atom stereocenters. The van der Waals surface area contributed by atoms with Crippen LogP contribution in [0.3, 0.4) is 0 Å². The molecule has 13 heavy (non-hydrogen) atoms. The maximum atomic E-state index is 6.16. The fourth-order valence-corrected chi connectivity index (χ4v) is 2.05. The van der Waals surface area contributed by atoms with Crippen molar-refractivity contribution in [1.82, 2.24) is 0 Å². The van der Waals surface area contributed by atoms with Crippen molar-refractivity contribution >= 4 is 11.6 Å². The van der Waals surface area contributed by atoms with Gasteiger partial charge in [-0.05, 0) is 24.5 Å². The molecule has 1 nitrogen and oxygen atoms in total. The SMILES string of the molecule is Cc1ccccc1C1OCCC1Cl. The maximum absolute atomic E-state index is 6.16. The number of aryl methyl sites for hydroxylation is 1. The zero-order chi connectivity index (χ0) is 9.26. The summed E-state index contributed by atoms with van der Waals surface area (Å²) >= 11 is 6.16. The number of ether oxygens (including phenoxy) is 1. The Morgan fingerprint density at radius 1 is 1.38 bits per heavy atom. The van der Waals surface area contributed by atoms with Gasteiger partial charge in [0.15, 0.2) is 0 Å². The first-order valence-electron chi connectivity index (χ1n) is 4.60. The Bertz CT molecular complexity index is 298. The lowest BCUT2D eigenvalue weighted by Gasteiger charge is -2.15. The second-order valence-electron chi connectivity index (χ2n) is 3.45. The molecule has 2 unspecified atom stereocenters. The first kappa shape index (κ1) is 9.04. The number of rotatable bonds is 1. The van der Waals surface area contributed by atoms with Crippen LogP contribution in [0.2, 0.25) is 0 Å². The third-order valence-corrected chi connectivity index (χ3v) is 2.96. The lowest BCUT2D eigenvalue weighted by Crippen LogP contribution is -2.07. The van der Waals surface area contributed by atoms with Crippen molar-refractivity contribution in [2.75, 3.05) is 6.61 Å². The van der Waals surface area contributed by atoms with E-state index in [0.717, 1.165) is 13.0 Å². The summed E-state index contributed by atoms with van der Waals surface area (Å²) in [5.74, 6) is 0. The maximum Gasteiger partial charge on any atom is 0.0991 e. The first-order valence-corrected chi connectivity index (χ1v) is 5.04. The van der Waals surface area contributed by atoms with Crippen LogP contribution in [0.4, 0.5) is 0 Å². The van der Waals surface area contributed by atoms with Gasteiger partial charge in [-0.25, -0.2) is 0 Å². The lowest BCUT2D eigenvalue weighted by atomic mass is 10.0. The molecule has 1 fully saturated rings. The molecule has 1 aliphatic heterocycles. The van der Waals surface area contributed by atoms with Gasteiger partial charge >= 0.3 is 0 Å². The molecular weight excluding hydrogens is 184 g/mol. The summed E-state index contributed by atoms with van der Waals surface area (Å²) in [5.41, 5.74) is 2.50. The lowest BCUT2D eigenvalue weighted by molar-refractivity contribution is 0.113. The Morgan fingerprint density at radius 3 is 2.77 bits per heavy atom. The minimum absolute atomic E-state index is 0.0999. The van der Waals surface area contributed by atoms with E-state index in [-0.39, 0.29) is 11.5 Å². The summed E-state index contributed by atoms with van der Waals surface area (Å²) in [7, 11) is 0. The summed E-state index contributed by atoms with van der Waals surface area (Å²) in [6.07, 6.45) is 1.06. The molecule has 0 spiro atoms. The molecule has 2 heteroatoms. The molecule has 0 radical (unpaired) electrons. The van der Waals surface area contributed by atoms with E-state index in [1.807, 2.05) is 12.1 Å². The predicted molar refractivity (Wildman–Crippen MR) is 54.1 cm³/mol. The molecule has 70 valence electrons. The summed E-state index contributed by atoms with van der Waals surface area (Å²) in [6, 6.07) is 8.27. The molecule has 0 amide bonds. The zero-order valence-electron chi connectivity index (χ0n) is 7.66. The summed E-state index contributed by atoms with van der Waals surface area (Å²) < 4.78 is 5.60. The molecular formula is C11H13ClO. The average Bonchev–Trinajstić information content (AvgIpc) is 2.52. The van der Waals surface area contributed by atoms with Gasteiger partial charge in [0.1, 0.15) is 0 Å². The van der Waals surface area contributed by atoms with Crippen LogP contribution in [0.1, 0.15) is 23.7 Å². The van der Waals surface area contributed by atoms with Crippen molar-refractivity contribution in [3.05, 3.63) is 35.4 Å². The van der Waals surface area contributed by atoms with E-state index >= 15 is 0 Å². The monoisotopic (exact) mass is 196 g/mol. The van der Waals surface area contributed by atoms with E-state index in [1.54, 1.807) is 0 Å². The molecule has 1 aromatic rings. The molecule has 0 bridgehead atoms. The highest BCUT2D eigenvalue weighted by atomic mass is 35.5. The van der Waals surface area contributed by atoms with E-state index in [0.29, 0.717) is 0 Å². The van der Waals surface area contributed by atoms with Gasteiger partial charge in [-0.1, -0.05) is 24.3 Å². The third kappa shape index (κ3) is 1.72. The van der Waals surface area contributed by atoms with Gasteiger partial charge in [-0.3, -0.25) is 0 Å². The molecule has 0 saturated carbocycles. The van der Waals surface area contributed by atoms with Gasteiger partial charge in [0, 0.05) is 6.61 Å². The van der Waals surface area contributed by atoms with Gasteiger partial charge in [0.25, 0.3) is 0 Å². The van der Waals surface area contributed by atoms with Crippen LogP contribution in [-0.4, -0.2) is 12.0 Å². The van der Waals surface area contributed by atoms with Crippen molar-refractivity contribution in [3.63, 3.8) is 0 Å². The smallest absolute Gasteiger partial charge is 0.0991 e. The van der Waals surface area contributed by atoms with E-state index < -0.39 is 0 Å². The van der Waals surface area contributed by atoms with Crippen molar-refractivity contribution in [2.45, 2.75) is 24.8 Å². The number of hydrogen-bond acceptors (Lipinski definition) is 1. The predicted octanol–water partition coefficient (Wildman–Crippen LogP) is 3.06. The standard InChI is InChI=1S/C11H13ClO/c1-8-4-2-3-5-9(8)11-10(12)6-7-13-11/h2-5,10-11H,6-7H2,1H3. The van der Waals surface area contributed by atoms with Crippen LogP contribution in [0.15, 0.2) is 24.3 Å². The van der Waals surface area contributed by atoms with E-state index in [4.69, 9.17) is 16.3 Å². The van der Waals surface area contributed by atoms with Crippen molar-refractivity contribution in [1.29, 1.82) is 0 Å².